The van der Waals surface area contributed by atoms with E-state index in [0.29, 0.717) is 37.6 Å². The first-order valence-electron chi connectivity index (χ1n) is 9.77. The highest BCUT2D eigenvalue weighted by Gasteiger charge is 2.26. The number of carbonyl (C=O) groups is 2. The van der Waals surface area contributed by atoms with Gasteiger partial charge < -0.3 is 15.1 Å². The molecular formula is C22H26FN3O2. The molecule has 0 aliphatic carbocycles. The monoisotopic (exact) mass is 383 g/mol. The zero-order valence-electron chi connectivity index (χ0n) is 16.2. The number of rotatable bonds is 5. The van der Waals surface area contributed by atoms with Crippen LogP contribution in [0.25, 0.3) is 0 Å². The van der Waals surface area contributed by atoms with Gasteiger partial charge in [-0.25, -0.2) is 4.39 Å². The first-order chi connectivity index (χ1) is 13.6. The fraction of sp³-hybridized carbons (Fsp3) is 0.364. The molecule has 2 aromatic carbocycles. The van der Waals surface area contributed by atoms with Gasteiger partial charge in [-0.1, -0.05) is 37.6 Å². The van der Waals surface area contributed by atoms with E-state index in [-0.39, 0.29) is 5.82 Å². The minimum absolute atomic E-state index is 0.276. The van der Waals surface area contributed by atoms with Gasteiger partial charge in [0.25, 0.3) is 0 Å². The van der Waals surface area contributed by atoms with E-state index in [1.807, 2.05) is 29.2 Å². The quantitative estimate of drug-likeness (QED) is 0.805. The fourth-order valence-electron chi connectivity index (χ4n) is 3.32. The lowest BCUT2D eigenvalue weighted by atomic mass is 10.1. The van der Waals surface area contributed by atoms with Crippen LogP contribution in [0, 0.1) is 5.82 Å². The topological polar surface area (TPSA) is 52.7 Å². The average molecular weight is 383 g/mol. The number of amides is 2. The molecule has 0 aromatic heterocycles. The molecule has 0 bridgehead atoms. The van der Waals surface area contributed by atoms with Crippen LogP contribution in [0.4, 0.5) is 15.8 Å². The number of nitrogens with zero attached hydrogens (tertiary/aromatic N) is 2. The van der Waals surface area contributed by atoms with Crippen LogP contribution in [-0.4, -0.2) is 42.9 Å². The van der Waals surface area contributed by atoms with Crippen LogP contribution in [0.2, 0.25) is 0 Å². The summed E-state index contributed by atoms with van der Waals surface area (Å²) in [7, 11) is 0. The normalized spacial score (nSPS) is 14.1. The summed E-state index contributed by atoms with van der Waals surface area (Å²) >= 11 is 0. The van der Waals surface area contributed by atoms with Gasteiger partial charge in [0, 0.05) is 31.9 Å². The van der Waals surface area contributed by atoms with Crippen molar-refractivity contribution in [3.8, 4) is 0 Å². The molecule has 0 atom stereocenters. The SMILES string of the molecule is CCCCc1ccc(NC(=O)C(=O)N2CCN(c3ccccc3F)CC2)cc1. The lowest BCUT2D eigenvalue weighted by Crippen LogP contribution is -2.51. The standard InChI is InChI=1S/C22H26FN3O2/c1-2-3-6-17-9-11-18(12-10-17)24-21(27)22(28)26-15-13-25(14-16-26)20-8-5-4-7-19(20)23/h4-5,7-12H,2-3,6,13-16H2,1H3,(H,24,27). The Balaban J connectivity index is 1.52. The van der Waals surface area contributed by atoms with Gasteiger partial charge in [0.1, 0.15) is 5.82 Å². The molecule has 2 amide bonds. The summed E-state index contributed by atoms with van der Waals surface area (Å²) in [5.41, 5.74) is 2.36. The Kier molecular flexibility index (Phi) is 6.63. The number of aryl methyl sites for hydroxylation is 1. The number of para-hydroxylation sites is 1. The molecule has 148 valence electrons. The highest BCUT2D eigenvalue weighted by atomic mass is 19.1. The summed E-state index contributed by atoms with van der Waals surface area (Å²) in [5.74, 6) is -1.47. The summed E-state index contributed by atoms with van der Waals surface area (Å²) < 4.78 is 13.9. The Bertz CT molecular complexity index is 815. The van der Waals surface area contributed by atoms with Crippen LogP contribution in [0.3, 0.4) is 0 Å². The van der Waals surface area contributed by atoms with E-state index < -0.39 is 11.8 Å². The smallest absolute Gasteiger partial charge is 0.313 e. The number of carbonyl (C=O) groups excluding carboxylic acids is 2. The molecule has 0 unspecified atom stereocenters. The number of piperazine rings is 1. The zero-order valence-corrected chi connectivity index (χ0v) is 16.2. The third kappa shape index (κ3) is 4.88. The van der Waals surface area contributed by atoms with Gasteiger partial charge in [0.15, 0.2) is 0 Å². The van der Waals surface area contributed by atoms with E-state index >= 15 is 0 Å². The fourth-order valence-corrected chi connectivity index (χ4v) is 3.32. The van der Waals surface area contributed by atoms with Crippen molar-refractivity contribution in [2.75, 3.05) is 36.4 Å². The summed E-state index contributed by atoms with van der Waals surface area (Å²) in [6.45, 7) is 3.90. The van der Waals surface area contributed by atoms with Crippen molar-refractivity contribution in [3.05, 3.63) is 59.9 Å². The summed E-state index contributed by atoms with van der Waals surface area (Å²) in [4.78, 5) is 28.2. The van der Waals surface area contributed by atoms with Gasteiger partial charge in [0.2, 0.25) is 0 Å². The molecule has 1 aliphatic heterocycles. The number of unbranched alkanes of at least 4 members (excludes halogenated alkanes) is 1. The minimum atomic E-state index is -0.638. The molecular weight excluding hydrogens is 357 g/mol. The van der Waals surface area contributed by atoms with Crippen molar-refractivity contribution < 1.29 is 14.0 Å². The molecule has 2 aromatic rings. The van der Waals surface area contributed by atoms with Crippen molar-refractivity contribution in [1.82, 2.24) is 4.90 Å². The highest BCUT2D eigenvalue weighted by molar-refractivity contribution is 6.39. The number of anilines is 2. The number of halogens is 1. The molecule has 0 saturated carbocycles. The number of hydrogen-bond acceptors (Lipinski definition) is 3. The molecule has 1 saturated heterocycles. The van der Waals surface area contributed by atoms with Crippen molar-refractivity contribution >= 4 is 23.2 Å². The van der Waals surface area contributed by atoms with E-state index in [1.54, 1.807) is 18.2 Å². The Morgan fingerprint density at radius 1 is 1.00 bits per heavy atom. The van der Waals surface area contributed by atoms with Crippen LogP contribution >= 0.6 is 0 Å². The first kappa shape index (κ1) is 19.9. The molecule has 1 heterocycles. The second-order valence-electron chi connectivity index (χ2n) is 6.99. The van der Waals surface area contributed by atoms with Gasteiger partial charge in [0.05, 0.1) is 5.69 Å². The lowest BCUT2D eigenvalue weighted by Gasteiger charge is -2.35. The maximum Gasteiger partial charge on any atom is 0.313 e. The van der Waals surface area contributed by atoms with E-state index in [2.05, 4.69) is 12.2 Å². The first-order valence-corrected chi connectivity index (χ1v) is 9.77. The van der Waals surface area contributed by atoms with Crippen molar-refractivity contribution in [1.29, 1.82) is 0 Å². The largest absolute Gasteiger partial charge is 0.366 e. The number of hydrogen-bond donors (Lipinski definition) is 1. The van der Waals surface area contributed by atoms with Gasteiger partial charge in [-0.05, 0) is 42.7 Å². The van der Waals surface area contributed by atoms with Crippen molar-refractivity contribution in [2.24, 2.45) is 0 Å². The molecule has 3 rings (SSSR count). The summed E-state index contributed by atoms with van der Waals surface area (Å²) in [6, 6.07) is 14.2. The van der Waals surface area contributed by atoms with E-state index in [0.717, 1.165) is 19.3 Å². The Hall–Kier alpha value is -2.89. The van der Waals surface area contributed by atoms with Crippen molar-refractivity contribution in [2.45, 2.75) is 26.2 Å². The second-order valence-corrected chi connectivity index (χ2v) is 6.99. The maximum atomic E-state index is 13.9. The Labute approximate surface area is 165 Å². The van der Waals surface area contributed by atoms with Crippen LogP contribution < -0.4 is 10.2 Å². The van der Waals surface area contributed by atoms with E-state index in [9.17, 15) is 14.0 Å². The van der Waals surface area contributed by atoms with Crippen LogP contribution in [0.1, 0.15) is 25.3 Å². The average Bonchev–Trinajstić information content (AvgIpc) is 2.73. The van der Waals surface area contributed by atoms with Crippen LogP contribution in [0.15, 0.2) is 48.5 Å². The molecule has 28 heavy (non-hydrogen) atoms. The van der Waals surface area contributed by atoms with Crippen molar-refractivity contribution in [3.63, 3.8) is 0 Å². The van der Waals surface area contributed by atoms with Gasteiger partial charge in [-0.2, -0.15) is 0 Å². The molecule has 1 fully saturated rings. The molecule has 5 nitrogen and oxygen atoms in total. The molecule has 0 spiro atoms. The van der Waals surface area contributed by atoms with Gasteiger partial charge >= 0.3 is 11.8 Å². The third-order valence-corrected chi connectivity index (χ3v) is 4.99. The number of benzene rings is 2. The molecule has 1 aliphatic rings. The zero-order chi connectivity index (χ0) is 19.9. The number of nitrogens with one attached hydrogen (secondary N) is 1. The summed E-state index contributed by atoms with van der Waals surface area (Å²) in [5, 5.41) is 2.67. The third-order valence-electron chi connectivity index (χ3n) is 4.99. The minimum Gasteiger partial charge on any atom is -0.366 e. The van der Waals surface area contributed by atoms with E-state index in [4.69, 9.17) is 0 Å². The molecule has 6 heteroatoms. The predicted octanol–water partition coefficient (Wildman–Crippen LogP) is 3.46. The van der Waals surface area contributed by atoms with Gasteiger partial charge in [-0.3, -0.25) is 9.59 Å². The second kappa shape index (κ2) is 9.35. The Morgan fingerprint density at radius 3 is 2.32 bits per heavy atom. The van der Waals surface area contributed by atoms with E-state index in [1.165, 1.54) is 16.5 Å². The predicted molar refractivity (Wildman–Crippen MR) is 109 cm³/mol. The van der Waals surface area contributed by atoms with Gasteiger partial charge in [-0.15, -0.1) is 0 Å². The van der Waals surface area contributed by atoms with Crippen LogP contribution in [0.5, 0.6) is 0 Å². The maximum absolute atomic E-state index is 13.9. The molecule has 0 radical (unpaired) electrons. The Morgan fingerprint density at radius 2 is 1.68 bits per heavy atom. The summed E-state index contributed by atoms with van der Waals surface area (Å²) in [6.07, 6.45) is 3.27. The highest BCUT2D eigenvalue weighted by Crippen LogP contribution is 2.20. The lowest BCUT2D eigenvalue weighted by molar-refractivity contribution is -0.143. The van der Waals surface area contributed by atoms with Crippen LogP contribution in [-0.2, 0) is 16.0 Å². The molecule has 1 N–H and O–H groups in total.